The molecule has 4 fully saturated rings. The lowest BCUT2D eigenvalue weighted by Crippen LogP contribution is -2.56. The van der Waals surface area contributed by atoms with Gasteiger partial charge in [-0.2, -0.15) is 0 Å². The second kappa shape index (κ2) is 5.92. The fraction of sp³-hybridized carbons (Fsp3) is 0.600. The highest BCUT2D eigenvalue weighted by molar-refractivity contribution is 7.13. The first-order valence-electron chi connectivity index (χ1n) is 9.48. The van der Waals surface area contributed by atoms with Crippen molar-refractivity contribution in [3.05, 3.63) is 29.5 Å². The van der Waals surface area contributed by atoms with Gasteiger partial charge in [-0.1, -0.05) is 6.07 Å². The van der Waals surface area contributed by atoms with Gasteiger partial charge in [-0.25, -0.2) is 4.98 Å². The summed E-state index contributed by atoms with van der Waals surface area (Å²) in [5.74, 6) is 1.89. The Morgan fingerprint density at radius 2 is 2.15 bits per heavy atom. The molecule has 2 aromatic heterocycles. The van der Waals surface area contributed by atoms with Gasteiger partial charge in [-0.3, -0.25) is 4.79 Å². The largest absolute Gasteiger partial charge is 0.443 e. The highest BCUT2D eigenvalue weighted by Gasteiger charge is 2.57. The molecule has 138 valence electrons. The van der Waals surface area contributed by atoms with E-state index in [1.165, 1.54) is 6.42 Å². The van der Waals surface area contributed by atoms with E-state index in [-0.39, 0.29) is 11.3 Å². The number of carbonyl (C=O) groups is 1. The first kappa shape index (κ1) is 16.5. The molecule has 0 aromatic carbocycles. The van der Waals surface area contributed by atoms with Gasteiger partial charge < -0.3 is 14.8 Å². The Morgan fingerprint density at radius 1 is 1.35 bits per heavy atom. The molecule has 2 unspecified atom stereocenters. The molecule has 4 saturated carbocycles. The van der Waals surface area contributed by atoms with Crippen molar-refractivity contribution in [1.29, 1.82) is 0 Å². The van der Waals surface area contributed by atoms with Crippen LogP contribution in [-0.4, -0.2) is 21.6 Å². The van der Waals surface area contributed by atoms with Crippen LogP contribution in [0.4, 0.5) is 0 Å². The lowest BCUT2D eigenvalue weighted by Gasteiger charge is -2.60. The third-order valence-electron chi connectivity index (χ3n) is 6.44. The molecule has 2 aromatic rings. The van der Waals surface area contributed by atoms with Gasteiger partial charge in [-0.05, 0) is 67.2 Å². The Labute approximate surface area is 156 Å². The second-order valence-electron chi connectivity index (χ2n) is 8.76. The van der Waals surface area contributed by atoms with Gasteiger partial charge in [0.2, 0.25) is 11.8 Å². The van der Waals surface area contributed by atoms with Crippen LogP contribution in [0.5, 0.6) is 0 Å². The van der Waals surface area contributed by atoms with Gasteiger partial charge in [0.1, 0.15) is 6.26 Å². The van der Waals surface area contributed by atoms with Crippen molar-refractivity contribution >= 4 is 17.2 Å². The van der Waals surface area contributed by atoms with Crippen LogP contribution in [0, 0.1) is 17.3 Å². The van der Waals surface area contributed by atoms with Crippen molar-refractivity contribution in [3.63, 3.8) is 0 Å². The van der Waals surface area contributed by atoms with E-state index < -0.39 is 5.60 Å². The predicted octanol–water partition coefficient (Wildman–Crippen LogP) is 3.74. The molecule has 2 atom stereocenters. The number of aliphatic hydroxyl groups is 1. The van der Waals surface area contributed by atoms with Crippen LogP contribution in [0.3, 0.4) is 0 Å². The molecular weight excluding hydrogens is 348 g/mol. The topological polar surface area (TPSA) is 75.4 Å². The Kier molecular flexibility index (Phi) is 3.76. The molecule has 2 heterocycles. The molecule has 4 aliphatic rings. The Bertz CT molecular complexity index is 799. The highest BCUT2D eigenvalue weighted by atomic mass is 32.1. The quantitative estimate of drug-likeness (QED) is 0.838. The highest BCUT2D eigenvalue weighted by Crippen LogP contribution is 2.62. The third kappa shape index (κ3) is 2.99. The summed E-state index contributed by atoms with van der Waals surface area (Å²) in [6.45, 7) is 0.390. The van der Waals surface area contributed by atoms with Crippen LogP contribution in [0.1, 0.15) is 50.6 Å². The molecule has 0 radical (unpaired) electrons. The van der Waals surface area contributed by atoms with Crippen molar-refractivity contribution in [3.8, 4) is 10.8 Å². The van der Waals surface area contributed by atoms with Gasteiger partial charge in [0, 0.05) is 6.42 Å². The Balaban J connectivity index is 1.21. The zero-order valence-corrected chi connectivity index (χ0v) is 15.6. The number of oxazole rings is 1. The first-order chi connectivity index (χ1) is 12.5. The van der Waals surface area contributed by atoms with Crippen LogP contribution >= 0.6 is 11.3 Å². The number of nitrogens with zero attached hydrogens (tertiary/aromatic N) is 1. The summed E-state index contributed by atoms with van der Waals surface area (Å²) in [6.07, 6.45) is 8.27. The van der Waals surface area contributed by atoms with Gasteiger partial charge in [-0.15, -0.1) is 11.3 Å². The molecule has 2 N–H and O–H groups in total. The van der Waals surface area contributed by atoms with Gasteiger partial charge in [0.15, 0.2) is 0 Å². The molecule has 5 nitrogen and oxygen atoms in total. The SMILES string of the molecule is O=C(CC12CC3CC(CC(O)(C3)C1)C2)NCc1coc(-c2cccs2)n1. The summed E-state index contributed by atoms with van der Waals surface area (Å²) in [5.41, 5.74) is 0.243. The molecule has 0 spiro atoms. The van der Waals surface area contributed by atoms with Crippen molar-refractivity contribution in [2.24, 2.45) is 17.3 Å². The van der Waals surface area contributed by atoms with E-state index in [0.717, 1.165) is 42.7 Å². The maximum absolute atomic E-state index is 12.6. The van der Waals surface area contributed by atoms with Crippen LogP contribution in [0.25, 0.3) is 10.8 Å². The summed E-state index contributed by atoms with van der Waals surface area (Å²) < 4.78 is 5.50. The number of aromatic nitrogens is 1. The Hall–Kier alpha value is -1.66. The minimum absolute atomic E-state index is 0.00880. The lowest BCUT2D eigenvalue weighted by atomic mass is 9.47. The average Bonchev–Trinajstić information content (AvgIpc) is 3.21. The minimum Gasteiger partial charge on any atom is -0.443 e. The Morgan fingerprint density at radius 3 is 2.85 bits per heavy atom. The van der Waals surface area contributed by atoms with Crippen LogP contribution < -0.4 is 5.32 Å². The van der Waals surface area contributed by atoms with E-state index in [1.807, 2.05) is 17.5 Å². The standard InChI is InChI=1S/C20H24N2O3S/c23-17(21-10-15-11-25-18(22-15)16-2-1-3-26-16)9-19-5-13-4-14(6-19)8-20(24,7-13)12-19/h1-3,11,13-14,24H,4-10,12H2,(H,21,23). The normalized spacial score (nSPS) is 35.0. The molecule has 26 heavy (non-hydrogen) atoms. The molecular formula is C20H24N2O3S. The van der Waals surface area contributed by atoms with Crippen LogP contribution in [-0.2, 0) is 11.3 Å². The zero-order chi connectivity index (χ0) is 17.8. The predicted molar refractivity (Wildman–Crippen MR) is 98.3 cm³/mol. The average molecular weight is 372 g/mol. The van der Waals surface area contributed by atoms with E-state index in [4.69, 9.17) is 4.42 Å². The summed E-state index contributed by atoms with van der Waals surface area (Å²) in [5, 5.41) is 15.8. The van der Waals surface area contributed by atoms with Crippen LogP contribution in [0.2, 0.25) is 0 Å². The fourth-order valence-electron chi connectivity index (χ4n) is 6.10. The number of hydrogen-bond donors (Lipinski definition) is 2. The summed E-state index contributed by atoms with van der Waals surface area (Å²) in [6, 6.07) is 3.93. The molecule has 6 heteroatoms. The first-order valence-corrected chi connectivity index (χ1v) is 10.4. The smallest absolute Gasteiger partial charge is 0.236 e. The molecule has 0 aliphatic heterocycles. The molecule has 0 saturated heterocycles. The van der Waals surface area contributed by atoms with E-state index in [9.17, 15) is 9.90 Å². The van der Waals surface area contributed by atoms with E-state index in [2.05, 4.69) is 10.3 Å². The number of rotatable bonds is 5. The maximum Gasteiger partial charge on any atom is 0.236 e. The monoisotopic (exact) mass is 372 g/mol. The van der Waals surface area contributed by atoms with E-state index >= 15 is 0 Å². The van der Waals surface area contributed by atoms with Gasteiger partial charge in [0.05, 0.1) is 22.7 Å². The van der Waals surface area contributed by atoms with Crippen molar-refractivity contribution < 1.29 is 14.3 Å². The van der Waals surface area contributed by atoms with Gasteiger partial charge in [0.25, 0.3) is 0 Å². The zero-order valence-electron chi connectivity index (χ0n) is 14.7. The number of carbonyl (C=O) groups excluding carboxylic acids is 1. The fourth-order valence-corrected chi connectivity index (χ4v) is 6.76. The third-order valence-corrected chi connectivity index (χ3v) is 7.30. The number of nitrogens with one attached hydrogen (secondary N) is 1. The molecule has 4 bridgehead atoms. The minimum atomic E-state index is -0.508. The van der Waals surface area contributed by atoms with Gasteiger partial charge >= 0.3 is 0 Å². The molecule has 4 aliphatic carbocycles. The number of hydrogen-bond acceptors (Lipinski definition) is 5. The van der Waals surface area contributed by atoms with Crippen LogP contribution in [0.15, 0.2) is 28.2 Å². The van der Waals surface area contributed by atoms with Crippen molar-refractivity contribution in [2.75, 3.05) is 0 Å². The number of amides is 1. The lowest BCUT2D eigenvalue weighted by molar-refractivity contribution is -0.169. The van der Waals surface area contributed by atoms with E-state index in [1.54, 1.807) is 17.6 Å². The maximum atomic E-state index is 12.6. The second-order valence-corrected chi connectivity index (χ2v) is 9.71. The summed E-state index contributed by atoms with van der Waals surface area (Å²) in [7, 11) is 0. The molecule has 6 rings (SSSR count). The van der Waals surface area contributed by atoms with Crippen molar-refractivity contribution in [1.82, 2.24) is 10.3 Å². The van der Waals surface area contributed by atoms with Crippen molar-refractivity contribution in [2.45, 2.75) is 57.1 Å². The summed E-state index contributed by atoms with van der Waals surface area (Å²) in [4.78, 5) is 18.0. The molecule has 1 amide bonds. The van der Waals surface area contributed by atoms with E-state index in [0.29, 0.717) is 30.7 Å². The number of thiophene rings is 1. The summed E-state index contributed by atoms with van der Waals surface area (Å²) >= 11 is 1.58.